The van der Waals surface area contributed by atoms with E-state index < -0.39 is 17.4 Å². The second kappa shape index (κ2) is 9.14. The van der Waals surface area contributed by atoms with Crippen molar-refractivity contribution >= 4 is 28.9 Å². The monoisotopic (exact) mass is 391 g/mol. The first-order chi connectivity index (χ1) is 14.0. The van der Waals surface area contributed by atoms with Gasteiger partial charge in [0, 0.05) is 11.8 Å². The van der Waals surface area contributed by atoms with Crippen LogP contribution < -0.4 is 15.4 Å². The summed E-state index contributed by atoms with van der Waals surface area (Å²) in [4.78, 5) is 35.1. The molecule has 8 nitrogen and oxygen atoms in total. The van der Waals surface area contributed by atoms with Gasteiger partial charge in [0.2, 0.25) is 0 Å². The van der Waals surface area contributed by atoms with E-state index in [1.54, 1.807) is 54.6 Å². The second-order valence-corrected chi connectivity index (χ2v) is 5.93. The van der Waals surface area contributed by atoms with E-state index in [1.165, 1.54) is 18.2 Å². The summed E-state index contributed by atoms with van der Waals surface area (Å²) in [6, 6.07) is 21.2. The molecule has 3 rings (SSSR count). The number of ether oxygens (including phenoxy) is 1. The predicted octanol–water partition coefficient (Wildman–Crippen LogP) is 3.86. The molecule has 3 aromatic carbocycles. The van der Waals surface area contributed by atoms with Crippen LogP contribution in [0.4, 0.5) is 17.1 Å². The number of carbonyl (C=O) groups excluding carboxylic acids is 2. The molecule has 2 amide bonds. The number of hydrogen-bond donors (Lipinski definition) is 2. The van der Waals surface area contributed by atoms with E-state index in [1.807, 2.05) is 6.07 Å². The van der Waals surface area contributed by atoms with Crippen LogP contribution in [-0.2, 0) is 4.79 Å². The van der Waals surface area contributed by atoms with E-state index in [0.29, 0.717) is 5.69 Å². The summed E-state index contributed by atoms with van der Waals surface area (Å²) in [7, 11) is 0. The van der Waals surface area contributed by atoms with Crippen molar-refractivity contribution in [3.05, 3.63) is 94.5 Å². The lowest BCUT2D eigenvalue weighted by atomic mass is 10.2. The molecule has 0 heterocycles. The van der Waals surface area contributed by atoms with Crippen molar-refractivity contribution in [2.75, 3.05) is 17.2 Å². The number of anilines is 2. The molecule has 0 saturated carbocycles. The Hall–Kier alpha value is -4.20. The minimum absolute atomic E-state index is 0.0706. The minimum Gasteiger partial charge on any atom is -0.483 e. The number of amides is 2. The van der Waals surface area contributed by atoms with Crippen molar-refractivity contribution in [3.63, 3.8) is 0 Å². The zero-order chi connectivity index (χ0) is 20.6. The van der Waals surface area contributed by atoms with Crippen molar-refractivity contribution < 1.29 is 19.2 Å². The maximum absolute atomic E-state index is 12.5. The molecule has 0 aliphatic carbocycles. The van der Waals surface area contributed by atoms with Gasteiger partial charge in [0.25, 0.3) is 17.5 Å². The van der Waals surface area contributed by atoms with Crippen LogP contribution in [0.5, 0.6) is 5.75 Å². The zero-order valence-corrected chi connectivity index (χ0v) is 15.2. The van der Waals surface area contributed by atoms with Crippen molar-refractivity contribution in [2.45, 2.75) is 0 Å². The third-order valence-electron chi connectivity index (χ3n) is 3.90. The highest BCUT2D eigenvalue weighted by Gasteiger charge is 2.17. The highest BCUT2D eigenvalue weighted by molar-refractivity contribution is 6.06. The van der Waals surface area contributed by atoms with Gasteiger partial charge in [-0.1, -0.05) is 42.5 Å². The Bertz CT molecular complexity index is 1040. The number of nitro benzene ring substituents is 1. The summed E-state index contributed by atoms with van der Waals surface area (Å²) >= 11 is 0. The van der Waals surface area contributed by atoms with Crippen molar-refractivity contribution in [3.8, 4) is 5.75 Å². The molecule has 8 heteroatoms. The van der Waals surface area contributed by atoms with Crippen LogP contribution in [0.25, 0.3) is 0 Å². The van der Waals surface area contributed by atoms with Crippen LogP contribution >= 0.6 is 0 Å². The molecule has 0 aliphatic heterocycles. The SMILES string of the molecule is O=C(COc1ccccc1C(=O)Nc1ccccc1)Nc1ccccc1[N+](=O)[O-]. The number of rotatable bonds is 7. The molecule has 0 bridgehead atoms. The van der Waals surface area contributed by atoms with Crippen LogP contribution in [0, 0.1) is 10.1 Å². The van der Waals surface area contributed by atoms with Gasteiger partial charge in [0.15, 0.2) is 6.61 Å². The quantitative estimate of drug-likeness (QED) is 0.469. The fourth-order valence-electron chi connectivity index (χ4n) is 2.57. The molecule has 0 unspecified atom stereocenters. The molecule has 29 heavy (non-hydrogen) atoms. The molecule has 3 aromatic rings. The number of hydrogen-bond acceptors (Lipinski definition) is 5. The van der Waals surface area contributed by atoms with Gasteiger partial charge >= 0.3 is 0 Å². The number of nitrogens with one attached hydrogen (secondary N) is 2. The van der Waals surface area contributed by atoms with Gasteiger partial charge in [-0.25, -0.2) is 0 Å². The Morgan fingerprint density at radius 1 is 0.862 bits per heavy atom. The van der Waals surface area contributed by atoms with Crippen LogP contribution in [0.1, 0.15) is 10.4 Å². The Kier molecular flexibility index (Phi) is 6.16. The van der Waals surface area contributed by atoms with Crippen LogP contribution in [0.3, 0.4) is 0 Å². The zero-order valence-electron chi connectivity index (χ0n) is 15.2. The van der Waals surface area contributed by atoms with Gasteiger partial charge in [-0.3, -0.25) is 19.7 Å². The van der Waals surface area contributed by atoms with Crippen molar-refractivity contribution in [1.82, 2.24) is 0 Å². The molecular formula is C21H17N3O5. The first-order valence-corrected chi connectivity index (χ1v) is 8.66. The van der Waals surface area contributed by atoms with Gasteiger partial charge in [-0.05, 0) is 30.3 Å². The first-order valence-electron chi connectivity index (χ1n) is 8.66. The summed E-state index contributed by atoms with van der Waals surface area (Å²) in [5.74, 6) is -0.748. The normalized spacial score (nSPS) is 10.1. The summed E-state index contributed by atoms with van der Waals surface area (Å²) in [5.41, 5.74) is 0.737. The molecule has 0 aromatic heterocycles. The van der Waals surface area contributed by atoms with Crippen molar-refractivity contribution in [2.24, 2.45) is 0 Å². The Balaban J connectivity index is 1.66. The minimum atomic E-state index is -0.586. The number of nitro groups is 1. The summed E-state index contributed by atoms with van der Waals surface area (Å²) in [6.07, 6.45) is 0. The Morgan fingerprint density at radius 2 is 1.52 bits per heavy atom. The van der Waals surface area contributed by atoms with Gasteiger partial charge < -0.3 is 15.4 Å². The Morgan fingerprint density at radius 3 is 2.28 bits per heavy atom. The molecule has 2 N–H and O–H groups in total. The lowest BCUT2D eigenvalue weighted by Crippen LogP contribution is -2.22. The van der Waals surface area contributed by atoms with Gasteiger partial charge in [0.1, 0.15) is 11.4 Å². The molecule has 0 aliphatic rings. The number of carbonyl (C=O) groups is 2. The molecular weight excluding hydrogens is 374 g/mol. The number of nitrogens with zero attached hydrogens (tertiary/aromatic N) is 1. The van der Waals surface area contributed by atoms with E-state index in [0.717, 1.165) is 0 Å². The first kappa shape index (κ1) is 19.6. The van der Waals surface area contributed by atoms with Gasteiger partial charge in [0.05, 0.1) is 10.5 Å². The number of para-hydroxylation sites is 4. The van der Waals surface area contributed by atoms with E-state index >= 15 is 0 Å². The van der Waals surface area contributed by atoms with E-state index in [4.69, 9.17) is 4.74 Å². The van der Waals surface area contributed by atoms with E-state index in [-0.39, 0.29) is 28.6 Å². The third kappa shape index (κ3) is 5.16. The standard InChI is InChI=1S/C21H17N3O5/c25-20(23-17-11-5-6-12-18(17)24(27)28)14-29-19-13-7-4-10-16(19)21(26)22-15-8-2-1-3-9-15/h1-13H,14H2,(H,22,26)(H,23,25). The summed E-state index contributed by atoms with van der Waals surface area (Å²) in [5, 5.41) is 16.2. The molecule has 0 radical (unpaired) electrons. The largest absolute Gasteiger partial charge is 0.483 e. The van der Waals surface area contributed by atoms with E-state index in [9.17, 15) is 19.7 Å². The maximum Gasteiger partial charge on any atom is 0.292 e. The molecule has 0 saturated heterocycles. The highest BCUT2D eigenvalue weighted by atomic mass is 16.6. The fourth-order valence-corrected chi connectivity index (χ4v) is 2.57. The number of benzene rings is 3. The lowest BCUT2D eigenvalue weighted by molar-refractivity contribution is -0.383. The van der Waals surface area contributed by atoms with Crippen molar-refractivity contribution in [1.29, 1.82) is 0 Å². The molecule has 0 atom stereocenters. The topological polar surface area (TPSA) is 111 Å². The molecule has 0 fully saturated rings. The average molecular weight is 391 g/mol. The van der Waals surface area contributed by atoms with Crippen LogP contribution in [0.2, 0.25) is 0 Å². The van der Waals surface area contributed by atoms with Gasteiger partial charge in [-0.2, -0.15) is 0 Å². The lowest BCUT2D eigenvalue weighted by Gasteiger charge is -2.12. The van der Waals surface area contributed by atoms with Crippen LogP contribution in [0.15, 0.2) is 78.9 Å². The summed E-state index contributed by atoms with van der Waals surface area (Å²) in [6.45, 7) is -0.415. The third-order valence-corrected chi connectivity index (χ3v) is 3.90. The molecule has 146 valence electrons. The highest BCUT2D eigenvalue weighted by Crippen LogP contribution is 2.23. The van der Waals surface area contributed by atoms with Gasteiger partial charge in [-0.15, -0.1) is 0 Å². The summed E-state index contributed by atoms with van der Waals surface area (Å²) < 4.78 is 5.49. The Labute approximate surface area is 166 Å². The van der Waals surface area contributed by atoms with E-state index in [2.05, 4.69) is 10.6 Å². The molecule has 0 spiro atoms. The predicted molar refractivity (Wildman–Crippen MR) is 108 cm³/mol. The smallest absolute Gasteiger partial charge is 0.292 e. The van der Waals surface area contributed by atoms with Crippen LogP contribution in [-0.4, -0.2) is 23.3 Å². The second-order valence-electron chi connectivity index (χ2n) is 5.93. The maximum atomic E-state index is 12.5. The fraction of sp³-hybridized carbons (Fsp3) is 0.0476. The average Bonchev–Trinajstić information content (AvgIpc) is 2.73.